The van der Waals surface area contributed by atoms with Crippen LogP contribution < -0.4 is 15.0 Å². The third-order valence-corrected chi connectivity index (χ3v) is 5.37. The number of hydrogen-bond donors (Lipinski definition) is 1. The Balaban J connectivity index is 1.92. The molecule has 1 unspecified atom stereocenters. The van der Waals surface area contributed by atoms with E-state index >= 15 is 0 Å². The lowest BCUT2D eigenvalue weighted by Gasteiger charge is -2.36. The lowest BCUT2D eigenvalue weighted by molar-refractivity contribution is 0.416. The maximum atomic E-state index is 6.21. The summed E-state index contributed by atoms with van der Waals surface area (Å²) in [5.41, 5.74) is 2.74. The second-order valence-electron chi connectivity index (χ2n) is 6.87. The van der Waals surface area contributed by atoms with Gasteiger partial charge in [-0.3, -0.25) is 0 Å². The lowest BCUT2D eigenvalue weighted by Crippen LogP contribution is -2.39. The molecular formula is C20H27ClN4O. The van der Waals surface area contributed by atoms with E-state index in [0.29, 0.717) is 22.8 Å². The topological polar surface area (TPSA) is 50.3 Å². The molecule has 2 aromatic rings. The molecule has 2 heterocycles. The van der Waals surface area contributed by atoms with Gasteiger partial charge >= 0.3 is 0 Å². The number of ether oxygens (including phenoxy) is 1. The predicted molar refractivity (Wildman–Crippen MR) is 108 cm³/mol. The number of nitrogens with zero attached hydrogens (tertiary/aromatic N) is 3. The molecule has 5 nitrogen and oxygen atoms in total. The van der Waals surface area contributed by atoms with Gasteiger partial charge < -0.3 is 15.0 Å². The Morgan fingerprint density at radius 3 is 2.77 bits per heavy atom. The quantitative estimate of drug-likeness (QED) is 0.772. The van der Waals surface area contributed by atoms with Gasteiger partial charge in [-0.1, -0.05) is 18.5 Å². The molecule has 0 bridgehead atoms. The normalized spacial score (nSPS) is 17.3. The molecule has 0 aliphatic carbocycles. The van der Waals surface area contributed by atoms with E-state index in [1.54, 1.807) is 7.11 Å². The molecule has 1 fully saturated rings. The predicted octanol–water partition coefficient (Wildman–Crippen LogP) is 5.27. The van der Waals surface area contributed by atoms with Gasteiger partial charge in [0, 0.05) is 35.4 Å². The zero-order chi connectivity index (χ0) is 18.7. The van der Waals surface area contributed by atoms with Crippen LogP contribution in [0.3, 0.4) is 0 Å². The van der Waals surface area contributed by atoms with Crippen LogP contribution in [0.15, 0.2) is 18.2 Å². The summed E-state index contributed by atoms with van der Waals surface area (Å²) in [4.78, 5) is 11.8. The molecule has 0 spiro atoms. The summed E-state index contributed by atoms with van der Waals surface area (Å²) in [6.45, 7) is 7.27. The van der Waals surface area contributed by atoms with Gasteiger partial charge in [0.25, 0.3) is 0 Å². The molecule has 1 aromatic carbocycles. The van der Waals surface area contributed by atoms with Crippen LogP contribution in [0.4, 0.5) is 17.5 Å². The average molecular weight is 375 g/mol. The first kappa shape index (κ1) is 18.8. The summed E-state index contributed by atoms with van der Waals surface area (Å²) in [6, 6.07) is 6.40. The van der Waals surface area contributed by atoms with Gasteiger partial charge in [0.15, 0.2) is 0 Å². The molecule has 0 amide bonds. The van der Waals surface area contributed by atoms with Gasteiger partial charge in [-0.15, -0.1) is 0 Å². The zero-order valence-electron chi connectivity index (χ0n) is 16.0. The fourth-order valence-electron chi connectivity index (χ4n) is 3.53. The van der Waals surface area contributed by atoms with E-state index < -0.39 is 0 Å². The Morgan fingerprint density at radius 2 is 2.04 bits per heavy atom. The average Bonchev–Trinajstić information content (AvgIpc) is 2.64. The molecule has 3 rings (SSSR count). The molecule has 0 saturated carbocycles. The largest absolute Gasteiger partial charge is 0.495 e. The van der Waals surface area contributed by atoms with Crippen LogP contribution in [0.2, 0.25) is 5.02 Å². The van der Waals surface area contributed by atoms with Crippen molar-refractivity contribution in [2.45, 2.75) is 52.5 Å². The lowest BCUT2D eigenvalue weighted by atomic mass is 10.00. The smallest absolute Gasteiger partial charge is 0.229 e. The molecule has 1 N–H and O–H groups in total. The van der Waals surface area contributed by atoms with Crippen LogP contribution in [0, 0.1) is 13.8 Å². The molecule has 1 atom stereocenters. The monoisotopic (exact) mass is 374 g/mol. The van der Waals surface area contributed by atoms with Crippen molar-refractivity contribution in [1.29, 1.82) is 0 Å². The number of benzene rings is 1. The molecule has 1 saturated heterocycles. The van der Waals surface area contributed by atoms with E-state index in [0.717, 1.165) is 35.7 Å². The van der Waals surface area contributed by atoms with Gasteiger partial charge in [-0.25, -0.2) is 4.98 Å². The fraction of sp³-hybridized carbons (Fsp3) is 0.500. The van der Waals surface area contributed by atoms with Crippen molar-refractivity contribution in [2.24, 2.45) is 0 Å². The standard InChI is InChI=1S/C20H27ClN4O/c1-5-15-8-6-7-9-25(15)19-11-14(3)22-20(24-19)23-17-10-13(2)16(21)12-18(17)26-4/h10-12,15H,5-9H2,1-4H3,(H,22,23,24). The Bertz CT molecular complexity index is 781. The number of piperidine rings is 1. The van der Waals surface area contributed by atoms with E-state index in [9.17, 15) is 0 Å². The first-order valence-electron chi connectivity index (χ1n) is 9.25. The molecule has 0 radical (unpaired) electrons. The van der Waals surface area contributed by atoms with Gasteiger partial charge in [0.2, 0.25) is 5.95 Å². The number of aryl methyl sites for hydroxylation is 2. The maximum absolute atomic E-state index is 6.21. The summed E-state index contributed by atoms with van der Waals surface area (Å²) in [6.07, 6.45) is 4.88. The van der Waals surface area contributed by atoms with Gasteiger partial charge in [0.05, 0.1) is 12.8 Å². The highest BCUT2D eigenvalue weighted by Crippen LogP contribution is 2.33. The second-order valence-corrected chi connectivity index (χ2v) is 7.28. The van der Waals surface area contributed by atoms with Crippen molar-refractivity contribution in [3.8, 4) is 5.75 Å². The highest BCUT2D eigenvalue weighted by atomic mass is 35.5. The van der Waals surface area contributed by atoms with Gasteiger partial charge in [-0.2, -0.15) is 4.98 Å². The zero-order valence-corrected chi connectivity index (χ0v) is 16.7. The maximum Gasteiger partial charge on any atom is 0.229 e. The van der Waals surface area contributed by atoms with Crippen LogP contribution in [-0.2, 0) is 0 Å². The first-order valence-corrected chi connectivity index (χ1v) is 9.63. The Labute approximate surface area is 160 Å². The van der Waals surface area contributed by atoms with Crippen molar-refractivity contribution in [1.82, 2.24) is 9.97 Å². The fourth-order valence-corrected chi connectivity index (χ4v) is 3.69. The SMILES string of the molecule is CCC1CCCCN1c1cc(C)nc(Nc2cc(C)c(Cl)cc2OC)n1. The number of hydrogen-bond acceptors (Lipinski definition) is 5. The summed E-state index contributed by atoms with van der Waals surface area (Å²) in [5, 5.41) is 3.99. The van der Waals surface area contributed by atoms with Crippen molar-refractivity contribution < 1.29 is 4.74 Å². The number of nitrogens with one attached hydrogen (secondary N) is 1. The summed E-state index contributed by atoms with van der Waals surface area (Å²) >= 11 is 6.21. The van der Waals surface area contributed by atoms with Crippen LogP contribution in [0.1, 0.15) is 43.9 Å². The Morgan fingerprint density at radius 1 is 1.23 bits per heavy atom. The van der Waals surface area contributed by atoms with Crippen LogP contribution in [-0.4, -0.2) is 29.7 Å². The van der Waals surface area contributed by atoms with E-state index in [1.165, 1.54) is 19.3 Å². The van der Waals surface area contributed by atoms with E-state index in [1.807, 2.05) is 26.0 Å². The number of anilines is 3. The van der Waals surface area contributed by atoms with Crippen molar-refractivity contribution in [2.75, 3.05) is 23.9 Å². The van der Waals surface area contributed by atoms with Crippen LogP contribution in [0.25, 0.3) is 0 Å². The molecule has 1 aliphatic heterocycles. The number of aromatic nitrogens is 2. The molecule has 1 aliphatic rings. The first-order chi connectivity index (χ1) is 12.5. The number of halogens is 1. The van der Waals surface area contributed by atoms with Gasteiger partial charge in [0.1, 0.15) is 11.6 Å². The molecular weight excluding hydrogens is 348 g/mol. The van der Waals surface area contributed by atoms with Crippen LogP contribution in [0.5, 0.6) is 5.75 Å². The van der Waals surface area contributed by atoms with Gasteiger partial charge in [-0.05, 0) is 51.2 Å². The van der Waals surface area contributed by atoms with Crippen molar-refractivity contribution in [3.05, 3.63) is 34.5 Å². The summed E-state index contributed by atoms with van der Waals surface area (Å²) in [7, 11) is 1.63. The van der Waals surface area contributed by atoms with E-state index in [-0.39, 0.29) is 0 Å². The third-order valence-electron chi connectivity index (χ3n) is 4.96. The van der Waals surface area contributed by atoms with Crippen molar-refractivity contribution in [3.63, 3.8) is 0 Å². The molecule has 140 valence electrons. The number of methoxy groups -OCH3 is 1. The minimum atomic E-state index is 0.554. The number of rotatable bonds is 5. The third kappa shape index (κ3) is 4.04. The molecule has 1 aromatic heterocycles. The Kier molecular flexibility index (Phi) is 5.87. The van der Waals surface area contributed by atoms with Crippen LogP contribution >= 0.6 is 11.6 Å². The highest BCUT2D eigenvalue weighted by molar-refractivity contribution is 6.31. The Hall–Kier alpha value is -2.01. The van der Waals surface area contributed by atoms with Crippen molar-refractivity contribution >= 4 is 29.1 Å². The van der Waals surface area contributed by atoms with E-state index in [4.69, 9.17) is 21.3 Å². The minimum absolute atomic E-state index is 0.554. The summed E-state index contributed by atoms with van der Waals surface area (Å²) in [5.74, 6) is 2.26. The molecule has 26 heavy (non-hydrogen) atoms. The summed E-state index contributed by atoms with van der Waals surface area (Å²) < 4.78 is 5.45. The van der Waals surface area contributed by atoms with E-state index in [2.05, 4.69) is 28.2 Å². The minimum Gasteiger partial charge on any atom is -0.495 e. The molecule has 6 heteroatoms. The highest BCUT2D eigenvalue weighted by Gasteiger charge is 2.23. The second kappa shape index (κ2) is 8.12.